The van der Waals surface area contributed by atoms with Crippen LogP contribution in [0.15, 0.2) is 11.6 Å². The number of ether oxygens (including phenoxy) is 8. The first-order valence-corrected chi connectivity index (χ1v) is 27.9. The van der Waals surface area contributed by atoms with Crippen LogP contribution in [0.25, 0.3) is 0 Å². The molecule has 0 unspecified atom stereocenters. The maximum atomic E-state index is 15.9. The minimum Gasteiger partial charge on any atom is -0.432 e. The predicted molar refractivity (Wildman–Crippen MR) is 264 cm³/mol. The summed E-state index contributed by atoms with van der Waals surface area (Å²) in [5.41, 5.74) is -2.62. The largest absolute Gasteiger partial charge is 0.432 e. The van der Waals surface area contributed by atoms with E-state index >= 15 is 4.79 Å². The number of aliphatic hydroxyl groups is 15. The summed E-state index contributed by atoms with van der Waals surface area (Å²) in [5, 5.41) is 164. The summed E-state index contributed by atoms with van der Waals surface area (Å²) in [6.45, 7) is 11.6. The van der Waals surface area contributed by atoms with Gasteiger partial charge in [-0.1, -0.05) is 53.2 Å². The third-order valence-electron chi connectivity index (χ3n) is 21.5. The van der Waals surface area contributed by atoms with E-state index in [1.807, 2.05) is 6.92 Å². The molecule has 9 rings (SSSR count). The molecule has 5 aliphatic carbocycles. The molecule has 0 aromatic rings. The third-order valence-corrected chi connectivity index (χ3v) is 21.5. The normalized spacial score (nSPS) is 55.1. The zero-order valence-electron chi connectivity index (χ0n) is 45.6. The molecule has 4 saturated carbocycles. The van der Waals surface area contributed by atoms with Gasteiger partial charge in [0.2, 0.25) is 6.29 Å². The predicted octanol–water partition coefficient (Wildman–Crippen LogP) is -3.06. The first-order valence-electron chi connectivity index (χ1n) is 27.9. The van der Waals surface area contributed by atoms with Gasteiger partial charge in [0, 0.05) is 5.41 Å². The van der Waals surface area contributed by atoms with Crippen LogP contribution in [0, 0.1) is 50.2 Å². The van der Waals surface area contributed by atoms with Crippen molar-refractivity contribution in [1.82, 2.24) is 0 Å². The molecule has 8 fully saturated rings. The van der Waals surface area contributed by atoms with Gasteiger partial charge in [-0.25, -0.2) is 0 Å². The van der Waals surface area contributed by atoms with Crippen LogP contribution in [-0.2, 0) is 42.7 Å². The average molecular weight is 1120 g/mol. The lowest BCUT2D eigenvalue weighted by molar-refractivity contribution is -0.390. The van der Waals surface area contributed by atoms with Crippen molar-refractivity contribution >= 4 is 5.97 Å². The summed E-state index contributed by atoms with van der Waals surface area (Å²) in [4.78, 5) is 15.9. The molecule has 4 heterocycles. The summed E-state index contributed by atoms with van der Waals surface area (Å²) in [6, 6.07) is 0. The highest BCUT2D eigenvalue weighted by Crippen LogP contribution is 2.76. The van der Waals surface area contributed by atoms with Crippen LogP contribution in [0.3, 0.4) is 0 Å². The summed E-state index contributed by atoms with van der Waals surface area (Å²) < 4.78 is 48.6. The van der Waals surface area contributed by atoms with Crippen LogP contribution >= 0.6 is 0 Å². The van der Waals surface area contributed by atoms with Crippen molar-refractivity contribution in [2.45, 2.75) is 241 Å². The lowest BCUT2D eigenvalue weighted by Crippen LogP contribution is -2.68. The number of hydrogen-bond acceptors (Lipinski definition) is 24. The molecule has 0 amide bonds. The molecule has 0 bridgehead atoms. The molecule has 24 nitrogen and oxygen atoms in total. The zero-order valence-corrected chi connectivity index (χ0v) is 45.6. The third kappa shape index (κ3) is 9.76. The monoisotopic (exact) mass is 1120 g/mol. The van der Waals surface area contributed by atoms with Crippen molar-refractivity contribution in [3.63, 3.8) is 0 Å². The molecule has 78 heavy (non-hydrogen) atoms. The minimum absolute atomic E-state index is 0.0315. The first-order chi connectivity index (χ1) is 36.5. The highest BCUT2D eigenvalue weighted by molar-refractivity contribution is 5.79. The lowest BCUT2D eigenvalue weighted by atomic mass is 9.33. The van der Waals surface area contributed by atoms with Crippen LogP contribution in [0.4, 0.5) is 0 Å². The Balaban J connectivity index is 1.09. The fourth-order valence-corrected chi connectivity index (χ4v) is 16.4. The van der Waals surface area contributed by atoms with Crippen LogP contribution in [0.5, 0.6) is 0 Å². The van der Waals surface area contributed by atoms with Crippen molar-refractivity contribution in [3.8, 4) is 0 Å². The number of carbonyl (C=O) groups excluding carboxylic acids is 1. The summed E-state index contributed by atoms with van der Waals surface area (Å²) in [7, 11) is 0. The number of fused-ring (bicyclic) bond motifs is 7. The molecule has 0 aromatic heterocycles. The van der Waals surface area contributed by atoms with E-state index in [-0.39, 0.29) is 29.3 Å². The maximum absolute atomic E-state index is 15.9. The van der Waals surface area contributed by atoms with Gasteiger partial charge in [0.25, 0.3) is 0 Å². The van der Waals surface area contributed by atoms with Gasteiger partial charge < -0.3 is 114 Å². The number of hydrogen-bond donors (Lipinski definition) is 15. The van der Waals surface area contributed by atoms with Gasteiger partial charge in [0.1, 0.15) is 85.5 Å². The Hall–Kier alpha value is -1.67. The van der Waals surface area contributed by atoms with E-state index in [1.54, 1.807) is 0 Å². The van der Waals surface area contributed by atoms with Crippen molar-refractivity contribution in [2.75, 3.05) is 26.4 Å². The smallest absolute Gasteiger partial charge is 0.315 e. The summed E-state index contributed by atoms with van der Waals surface area (Å²) in [5.74, 6) is -1.19. The number of esters is 1. The molecule has 0 radical (unpaired) electrons. The Kier molecular flexibility index (Phi) is 17.2. The van der Waals surface area contributed by atoms with E-state index in [9.17, 15) is 76.6 Å². The fraction of sp³-hybridized carbons (Fsp3) is 0.944. The average Bonchev–Trinajstić information content (AvgIpc) is 2.70. The highest BCUT2D eigenvalue weighted by Gasteiger charge is 2.71. The van der Waals surface area contributed by atoms with Crippen LogP contribution in [0.2, 0.25) is 0 Å². The van der Waals surface area contributed by atoms with E-state index < -0.39 is 188 Å². The Morgan fingerprint density at radius 1 is 0.590 bits per heavy atom. The Morgan fingerprint density at radius 2 is 1.14 bits per heavy atom. The second kappa shape index (κ2) is 22.1. The number of allylic oxidation sites excluding steroid dienone is 2. The molecule has 4 aliphatic heterocycles. The van der Waals surface area contributed by atoms with Crippen molar-refractivity contribution in [2.24, 2.45) is 50.2 Å². The number of rotatable bonds is 12. The van der Waals surface area contributed by atoms with Gasteiger partial charge in [0.15, 0.2) is 25.0 Å². The second-order valence-corrected chi connectivity index (χ2v) is 26.3. The van der Waals surface area contributed by atoms with Crippen molar-refractivity contribution < 1.29 is 119 Å². The molecule has 24 heteroatoms. The first kappa shape index (κ1) is 60.9. The standard InChI is InChI=1S/C54H88O24/c1-22-31(59)35(63)39(67)45(72-22)77-42-41(76-46-40(68)37(65)33(61)27(19-56)74-46)34(62)28(20-71-44-38(66)36(64)32(60)26(18-55)73-44)75-47(42)78-48(70)54-14-12-49(2,3)16-24(54)23-8-9-30-50(4)17-25(58)43(69)51(5,21-57)29(50)10-11-53(30,7)52(23,6)13-15-54/h8,22,24-47,55-69H,9-21H2,1-7H3/t22-,24-,25-,26+,27+,28+,29+,30+,31-,32+,33-,34+,35+,36-,37-,38+,39+,40+,41-,42+,43-,44+,45-,46-,47-,50-,51-,52+,53+,54-/m0/s1. The van der Waals surface area contributed by atoms with Crippen LogP contribution in [-0.4, -0.2) is 244 Å². The lowest BCUT2D eigenvalue weighted by Gasteiger charge is -2.71. The van der Waals surface area contributed by atoms with Gasteiger partial charge in [-0.3, -0.25) is 4.79 Å². The molecular formula is C54H88O24. The molecule has 448 valence electrons. The van der Waals surface area contributed by atoms with Crippen molar-refractivity contribution in [3.05, 3.63) is 11.6 Å². The van der Waals surface area contributed by atoms with Crippen molar-refractivity contribution in [1.29, 1.82) is 0 Å². The molecule has 9 aliphatic rings. The SMILES string of the molecule is C[C@@H]1O[C@@H](O[C@H]2[C@H](OC(=O)[C@]34CCC(C)(C)C[C@H]3C3=CC[C@@H]5[C@@]6(C)C[C@H](O)[C@H](O)[C@@](C)(CO)[C@@H]6CC[C@@]5(C)[C@]3(C)CC4)O[C@H](CO[C@@H]3O[C@H](CO)[C@@H](O)[C@H](O)[C@H]3O)[C@@H](O)[C@@H]2O[C@@H]2O[C@H](CO)[C@H](O)[C@H](O)[C@H]2O)[C@H](O)[C@H](O)[C@H]1O. The van der Waals surface area contributed by atoms with E-state index in [1.165, 1.54) is 6.92 Å². The zero-order chi connectivity index (χ0) is 57.1. The van der Waals surface area contributed by atoms with E-state index in [0.29, 0.717) is 51.4 Å². The Morgan fingerprint density at radius 3 is 1.76 bits per heavy atom. The Bertz CT molecular complexity index is 2150. The van der Waals surface area contributed by atoms with Crippen LogP contribution < -0.4 is 0 Å². The number of aliphatic hydroxyl groups excluding tert-OH is 15. The minimum atomic E-state index is -2.06. The number of carbonyl (C=O) groups is 1. The Labute approximate surface area is 453 Å². The molecular weight excluding hydrogens is 1030 g/mol. The quantitative estimate of drug-likeness (QED) is 0.0681. The molecule has 15 N–H and O–H groups in total. The van der Waals surface area contributed by atoms with Gasteiger partial charge in [-0.15, -0.1) is 0 Å². The summed E-state index contributed by atoms with van der Waals surface area (Å²) in [6.07, 6.45) is -31.1. The van der Waals surface area contributed by atoms with E-state index in [2.05, 4.69) is 40.7 Å². The molecule has 4 saturated heterocycles. The highest BCUT2D eigenvalue weighted by atomic mass is 16.8. The second-order valence-electron chi connectivity index (χ2n) is 26.3. The topological polar surface area (TPSA) is 394 Å². The van der Waals surface area contributed by atoms with Crippen LogP contribution in [0.1, 0.15) is 106 Å². The maximum Gasteiger partial charge on any atom is 0.315 e. The van der Waals surface area contributed by atoms with Gasteiger partial charge in [0.05, 0.1) is 50.2 Å². The van der Waals surface area contributed by atoms with E-state index in [4.69, 9.17) is 37.9 Å². The van der Waals surface area contributed by atoms with Gasteiger partial charge in [-0.05, 0) is 104 Å². The molecule has 0 aromatic carbocycles. The fourth-order valence-electron chi connectivity index (χ4n) is 16.4. The summed E-state index contributed by atoms with van der Waals surface area (Å²) >= 11 is 0. The molecule has 30 atom stereocenters. The van der Waals surface area contributed by atoms with Gasteiger partial charge in [-0.2, -0.15) is 0 Å². The van der Waals surface area contributed by atoms with Gasteiger partial charge >= 0.3 is 5.97 Å². The molecule has 0 spiro atoms. The van der Waals surface area contributed by atoms with E-state index in [0.717, 1.165) is 12.0 Å².